The maximum atomic E-state index is 12.3. The monoisotopic (exact) mass is 461 g/mol. The van der Waals surface area contributed by atoms with Gasteiger partial charge in [-0.2, -0.15) is 0 Å². The smallest absolute Gasteiger partial charge is 0.341 e. The Morgan fingerprint density at radius 1 is 1.16 bits per heavy atom. The highest BCUT2D eigenvalue weighted by molar-refractivity contribution is 8.01. The van der Waals surface area contributed by atoms with Crippen molar-refractivity contribution < 1.29 is 24.1 Å². The molecule has 1 atom stereocenters. The normalized spacial score (nSPS) is 12.2. The Balaban J connectivity index is 1.53. The molecule has 0 amide bonds. The van der Waals surface area contributed by atoms with E-state index < -0.39 is 12.1 Å². The third-order valence-electron chi connectivity index (χ3n) is 4.14. The molecule has 8 heteroatoms. The van der Waals surface area contributed by atoms with E-state index in [4.69, 9.17) is 14.2 Å². The fourth-order valence-electron chi connectivity index (χ4n) is 2.68. The number of carbonyl (C=O) groups excluding carboxylic acids is 1. The van der Waals surface area contributed by atoms with E-state index in [-0.39, 0.29) is 12.5 Å². The maximum absolute atomic E-state index is 12.3. The number of hydrogen-bond acceptors (Lipinski definition) is 8. The first-order valence-electron chi connectivity index (χ1n) is 10.2. The maximum Gasteiger partial charge on any atom is 0.341 e. The zero-order chi connectivity index (χ0) is 22.2. The molecule has 0 radical (unpaired) electrons. The highest BCUT2D eigenvalue weighted by Crippen LogP contribution is 2.32. The van der Waals surface area contributed by atoms with Crippen LogP contribution in [0.15, 0.2) is 46.8 Å². The summed E-state index contributed by atoms with van der Waals surface area (Å²) in [6.45, 7) is 6.95. The summed E-state index contributed by atoms with van der Waals surface area (Å²) in [5.74, 6) is 1.49. The second kappa shape index (κ2) is 11.4. The first-order chi connectivity index (χ1) is 15.0. The van der Waals surface area contributed by atoms with Crippen molar-refractivity contribution in [1.82, 2.24) is 4.98 Å². The van der Waals surface area contributed by atoms with Gasteiger partial charge in [0.05, 0.1) is 29.5 Å². The molecule has 0 aliphatic rings. The summed E-state index contributed by atoms with van der Waals surface area (Å²) >= 11 is 3.04. The zero-order valence-corrected chi connectivity index (χ0v) is 19.5. The molecule has 1 aromatic heterocycles. The molecule has 1 N–H and O–H groups in total. The lowest BCUT2D eigenvalue weighted by molar-refractivity contribution is 0.0450. The molecule has 0 spiro atoms. The van der Waals surface area contributed by atoms with Gasteiger partial charge in [0, 0.05) is 5.75 Å². The number of aromatic nitrogens is 1. The van der Waals surface area contributed by atoms with E-state index in [1.54, 1.807) is 35.6 Å². The van der Waals surface area contributed by atoms with Gasteiger partial charge in [-0.1, -0.05) is 37.7 Å². The van der Waals surface area contributed by atoms with Crippen molar-refractivity contribution in [2.45, 2.75) is 31.2 Å². The first-order valence-corrected chi connectivity index (χ1v) is 12.0. The number of carbonyl (C=O) groups is 1. The third kappa shape index (κ3) is 6.85. The van der Waals surface area contributed by atoms with Crippen LogP contribution in [0, 0.1) is 5.92 Å². The van der Waals surface area contributed by atoms with Gasteiger partial charge < -0.3 is 19.3 Å². The van der Waals surface area contributed by atoms with Gasteiger partial charge >= 0.3 is 5.97 Å². The van der Waals surface area contributed by atoms with Gasteiger partial charge in [-0.15, -0.1) is 11.3 Å². The van der Waals surface area contributed by atoms with Crippen molar-refractivity contribution in [2.75, 3.05) is 25.6 Å². The largest absolute Gasteiger partial charge is 0.494 e. The van der Waals surface area contributed by atoms with Crippen LogP contribution in [0.2, 0.25) is 0 Å². The number of fused-ring (bicyclic) bond motifs is 1. The van der Waals surface area contributed by atoms with Crippen LogP contribution >= 0.6 is 23.1 Å². The van der Waals surface area contributed by atoms with Crippen molar-refractivity contribution >= 4 is 39.3 Å². The molecule has 166 valence electrons. The molecule has 1 unspecified atom stereocenters. The van der Waals surface area contributed by atoms with Crippen molar-refractivity contribution in [3.05, 3.63) is 48.0 Å². The second-order valence-electron chi connectivity index (χ2n) is 7.31. The van der Waals surface area contributed by atoms with Crippen LogP contribution in [0.3, 0.4) is 0 Å². The van der Waals surface area contributed by atoms with Crippen LogP contribution in [-0.4, -0.2) is 47.7 Å². The first kappa shape index (κ1) is 23.4. The topological polar surface area (TPSA) is 77.9 Å². The van der Waals surface area contributed by atoms with E-state index >= 15 is 0 Å². The highest BCUT2D eigenvalue weighted by atomic mass is 32.2. The van der Waals surface area contributed by atoms with Crippen molar-refractivity contribution in [1.29, 1.82) is 0 Å². The average Bonchev–Trinajstić information content (AvgIpc) is 3.17. The number of thioether (sulfide) groups is 1. The van der Waals surface area contributed by atoms with Crippen LogP contribution in [0.25, 0.3) is 10.2 Å². The van der Waals surface area contributed by atoms with Gasteiger partial charge in [0.1, 0.15) is 23.7 Å². The van der Waals surface area contributed by atoms with Crippen LogP contribution in [0.5, 0.6) is 11.5 Å². The van der Waals surface area contributed by atoms with Gasteiger partial charge in [0.2, 0.25) is 0 Å². The molecule has 3 aromatic rings. The fraction of sp³-hybridized carbons (Fsp3) is 0.391. The molecule has 6 nitrogen and oxygen atoms in total. The van der Waals surface area contributed by atoms with E-state index in [1.165, 1.54) is 11.8 Å². The fourth-order valence-corrected chi connectivity index (χ4v) is 4.71. The van der Waals surface area contributed by atoms with Crippen molar-refractivity contribution in [3.8, 4) is 11.5 Å². The second-order valence-corrected chi connectivity index (χ2v) is 9.60. The van der Waals surface area contributed by atoms with Gasteiger partial charge in [0.25, 0.3) is 0 Å². The Labute approximate surface area is 190 Å². The molecular formula is C23H27NO5S2. The molecule has 0 bridgehead atoms. The highest BCUT2D eigenvalue weighted by Gasteiger charge is 2.16. The summed E-state index contributed by atoms with van der Waals surface area (Å²) in [4.78, 5) is 16.9. The van der Waals surface area contributed by atoms with Crippen LogP contribution in [0.4, 0.5) is 0 Å². The molecule has 1 heterocycles. The predicted octanol–water partition coefficient (Wildman–Crippen LogP) is 5.04. The lowest BCUT2D eigenvalue weighted by Gasteiger charge is -2.14. The van der Waals surface area contributed by atoms with E-state index in [9.17, 15) is 9.90 Å². The molecule has 2 aromatic carbocycles. The summed E-state index contributed by atoms with van der Waals surface area (Å²) in [6, 6.07) is 12.7. The molecule has 3 rings (SSSR count). The number of ether oxygens (including phenoxy) is 3. The number of thiazole rings is 1. The van der Waals surface area contributed by atoms with Crippen LogP contribution in [0.1, 0.15) is 31.1 Å². The van der Waals surface area contributed by atoms with Crippen molar-refractivity contribution in [3.63, 3.8) is 0 Å². The quantitative estimate of drug-likeness (QED) is 0.317. The minimum atomic E-state index is -0.712. The zero-order valence-electron chi connectivity index (χ0n) is 17.9. The van der Waals surface area contributed by atoms with E-state index in [2.05, 4.69) is 4.98 Å². The Morgan fingerprint density at radius 3 is 2.74 bits per heavy atom. The third-order valence-corrected chi connectivity index (χ3v) is 6.44. The number of esters is 1. The molecular weight excluding hydrogens is 434 g/mol. The van der Waals surface area contributed by atoms with E-state index in [0.29, 0.717) is 30.3 Å². The Bertz CT molecular complexity index is 1000. The van der Waals surface area contributed by atoms with E-state index in [1.807, 2.05) is 39.0 Å². The minimum Gasteiger partial charge on any atom is -0.494 e. The van der Waals surface area contributed by atoms with E-state index in [0.717, 1.165) is 20.3 Å². The number of para-hydroxylation sites is 1. The Morgan fingerprint density at radius 2 is 1.97 bits per heavy atom. The van der Waals surface area contributed by atoms with Gasteiger partial charge in [-0.3, -0.25) is 0 Å². The Kier molecular flexibility index (Phi) is 8.57. The standard InChI is InChI=1S/C23H27NO5S2/c1-4-27-17-9-10-19-21(11-17)31-23(24-19)30-14-16(25)13-28-20-8-6-5-7-18(20)22(26)29-12-15(2)3/h5-11,15-16,25H,4,12-14H2,1-3H3. The number of benzene rings is 2. The summed E-state index contributed by atoms with van der Waals surface area (Å²) in [7, 11) is 0. The molecule has 0 saturated heterocycles. The summed E-state index contributed by atoms with van der Waals surface area (Å²) in [5, 5.41) is 10.4. The SMILES string of the molecule is CCOc1ccc2nc(SCC(O)COc3ccccc3C(=O)OCC(C)C)sc2c1. The molecule has 0 saturated carbocycles. The Hall–Kier alpha value is -2.29. The van der Waals surface area contributed by atoms with Gasteiger partial charge in [0.15, 0.2) is 4.34 Å². The molecule has 0 aliphatic heterocycles. The lowest BCUT2D eigenvalue weighted by atomic mass is 10.2. The number of aliphatic hydroxyl groups excluding tert-OH is 1. The number of nitrogens with zero attached hydrogens (tertiary/aromatic N) is 1. The van der Waals surface area contributed by atoms with Gasteiger partial charge in [-0.25, -0.2) is 9.78 Å². The summed E-state index contributed by atoms with van der Waals surface area (Å²) < 4.78 is 18.5. The number of hydrogen-bond donors (Lipinski definition) is 1. The summed E-state index contributed by atoms with van der Waals surface area (Å²) in [6.07, 6.45) is -0.712. The number of aliphatic hydroxyl groups is 1. The van der Waals surface area contributed by atoms with Crippen LogP contribution in [-0.2, 0) is 4.74 Å². The minimum absolute atomic E-state index is 0.0703. The van der Waals surface area contributed by atoms with Crippen LogP contribution < -0.4 is 9.47 Å². The molecule has 0 fully saturated rings. The predicted molar refractivity (Wildman–Crippen MR) is 125 cm³/mol. The van der Waals surface area contributed by atoms with Crippen molar-refractivity contribution in [2.24, 2.45) is 5.92 Å². The summed E-state index contributed by atoms with van der Waals surface area (Å²) in [5.41, 5.74) is 1.27. The average molecular weight is 462 g/mol. The number of rotatable bonds is 11. The molecule has 31 heavy (non-hydrogen) atoms. The molecule has 0 aliphatic carbocycles. The lowest BCUT2D eigenvalue weighted by Crippen LogP contribution is -2.21. The van der Waals surface area contributed by atoms with Gasteiger partial charge in [-0.05, 0) is 43.2 Å².